The molecule has 3 heteroatoms. The first-order valence-electron chi connectivity index (χ1n) is 6.18. The summed E-state index contributed by atoms with van der Waals surface area (Å²) in [7, 11) is 1.70. The predicted molar refractivity (Wildman–Crippen MR) is 79.7 cm³/mol. The highest BCUT2D eigenvalue weighted by molar-refractivity contribution is 8.13. The Bertz CT molecular complexity index is 462. The van der Waals surface area contributed by atoms with E-state index in [1.807, 2.05) is 12.1 Å². The third-order valence-electron chi connectivity index (χ3n) is 3.21. The Labute approximate surface area is 113 Å². The fourth-order valence-corrected chi connectivity index (χ4v) is 2.99. The number of hydrogen-bond acceptors (Lipinski definition) is 3. The summed E-state index contributed by atoms with van der Waals surface area (Å²) in [6.45, 7) is 2.08. The van der Waals surface area contributed by atoms with Crippen molar-refractivity contribution in [2.45, 2.75) is 25.7 Å². The number of thioether (sulfide) groups is 1. The fraction of sp³-hybridized carbons (Fsp3) is 0.400. The highest BCUT2D eigenvalue weighted by Crippen LogP contribution is 2.31. The lowest BCUT2D eigenvalue weighted by Crippen LogP contribution is -2.08. The van der Waals surface area contributed by atoms with Gasteiger partial charge in [0, 0.05) is 11.6 Å². The van der Waals surface area contributed by atoms with E-state index in [1.165, 1.54) is 10.6 Å². The molecule has 0 N–H and O–H groups in total. The van der Waals surface area contributed by atoms with E-state index in [-0.39, 0.29) is 0 Å². The van der Waals surface area contributed by atoms with Crippen LogP contribution in [0.5, 0.6) is 5.75 Å². The van der Waals surface area contributed by atoms with Crippen LogP contribution in [0.2, 0.25) is 0 Å². The van der Waals surface area contributed by atoms with Gasteiger partial charge in [0.15, 0.2) is 0 Å². The molecular weight excluding hydrogens is 242 g/mol. The van der Waals surface area contributed by atoms with Crippen molar-refractivity contribution in [2.24, 2.45) is 4.99 Å². The lowest BCUT2D eigenvalue weighted by atomic mass is 9.95. The zero-order chi connectivity index (χ0) is 13.0. The molecule has 2 rings (SSSR count). The van der Waals surface area contributed by atoms with Crippen molar-refractivity contribution >= 4 is 16.8 Å². The van der Waals surface area contributed by atoms with Gasteiger partial charge in [0.05, 0.1) is 12.2 Å². The Kier molecular flexibility index (Phi) is 4.48. The number of methoxy groups -OCH3 is 1. The van der Waals surface area contributed by atoms with Gasteiger partial charge in [-0.3, -0.25) is 4.99 Å². The summed E-state index contributed by atoms with van der Waals surface area (Å²) in [5.41, 5.74) is 2.46. The van der Waals surface area contributed by atoms with Crippen LogP contribution < -0.4 is 4.74 Å². The molecule has 96 valence electrons. The molecule has 1 aromatic carbocycles. The van der Waals surface area contributed by atoms with Crippen LogP contribution in [0.1, 0.15) is 31.2 Å². The normalized spacial score (nSPS) is 19.8. The molecule has 18 heavy (non-hydrogen) atoms. The minimum absolute atomic E-state index is 0.416. The van der Waals surface area contributed by atoms with Gasteiger partial charge in [-0.2, -0.15) is 0 Å². The third-order valence-corrected chi connectivity index (χ3v) is 4.00. The van der Waals surface area contributed by atoms with E-state index in [1.54, 1.807) is 18.9 Å². The van der Waals surface area contributed by atoms with Crippen molar-refractivity contribution in [2.75, 3.05) is 13.4 Å². The average Bonchev–Trinajstić information content (AvgIpc) is 2.60. The van der Waals surface area contributed by atoms with Crippen molar-refractivity contribution in [3.8, 4) is 5.75 Å². The number of aliphatic imine (C=N–C) groups is 1. The minimum atomic E-state index is 0.416. The van der Waals surface area contributed by atoms with Gasteiger partial charge in [0.1, 0.15) is 5.75 Å². The summed E-state index contributed by atoms with van der Waals surface area (Å²) in [6.07, 6.45) is 6.55. The van der Waals surface area contributed by atoms with E-state index >= 15 is 0 Å². The molecule has 2 nitrogen and oxygen atoms in total. The quantitative estimate of drug-likeness (QED) is 0.794. The van der Waals surface area contributed by atoms with Crippen LogP contribution in [0.15, 0.2) is 41.0 Å². The number of benzene rings is 1. The fourth-order valence-electron chi connectivity index (χ4n) is 2.21. The molecule has 0 bridgehead atoms. The molecule has 0 spiro atoms. The van der Waals surface area contributed by atoms with Crippen LogP contribution in [0.25, 0.3) is 0 Å². The number of hydrogen-bond donors (Lipinski definition) is 0. The van der Waals surface area contributed by atoms with Crippen molar-refractivity contribution in [1.82, 2.24) is 0 Å². The van der Waals surface area contributed by atoms with E-state index in [2.05, 4.69) is 31.4 Å². The van der Waals surface area contributed by atoms with Crippen molar-refractivity contribution < 1.29 is 4.74 Å². The summed E-state index contributed by atoms with van der Waals surface area (Å²) in [6, 6.07) is 8.35. The molecule has 1 aliphatic rings. The first kappa shape index (κ1) is 13.2. The zero-order valence-electron chi connectivity index (χ0n) is 11.1. The molecule has 1 aliphatic heterocycles. The maximum Gasteiger partial charge on any atom is 0.118 e. The van der Waals surface area contributed by atoms with E-state index in [9.17, 15) is 0 Å². The molecule has 1 unspecified atom stereocenters. The minimum Gasteiger partial charge on any atom is -0.497 e. The van der Waals surface area contributed by atoms with Gasteiger partial charge in [0.2, 0.25) is 0 Å². The number of rotatable bonds is 2. The highest BCUT2D eigenvalue weighted by Gasteiger charge is 2.19. The maximum atomic E-state index is 5.21. The monoisotopic (exact) mass is 261 g/mol. The van der Waals surface area contributed by atoms with E-state index in [0.717, 1.165) is 24.3 Å². The van der Waals surface area contributed by atoms with Gasteiger partial charge < -0.3 is 4.74 Å². The summed E-state index contributed by atoms with van der Waals surface area (Å²) in [5, 5.41) is 1.21. The number of allylic oxidation sites excluding steroid dienone is 2. The molecule has 0 aliphatic carbocycles. The molecule has 0 saturated heterocycles. The lowest BCUT2D eigenvalue weighted by Gasteiger charge is -2.16. The first-order chi connectivity index (χ1) is 8.74. The van der Waals surface area contributed by atoms with Crippen molar-refractivity contribution in [1.29, 1.82) is 0 Å². The first-order valence-corrected chi connectivity index (χ1v) is 7.40. The van der Waals surface area contributed by atoms with Crippen LogP contribution in [-0.4, -0.2) is 18.4 Å². The second kappa shape index (κ2) is 6.10. The second-order valence-electron chi connectivity index (χ2n) is 4.40. The molecule has 0 saturated carbocycles. The third kappa shape index (κ3) is 2.96. The summed E-state index contributed by atoms with van der Waals surface area (Å²) < 4.78 is 5.21. The van der Waals surface area contributed by atoms with Gasteiger partial charge in [0.25, 0.3) is 0 Å². The molecule has 0 fully saturated rings. The predicted octanol–water partition coefficient (Wildman–Crippen LogP) is 4.24. The Balaban J connectivity index is 2.27. The van der Waals surface area contributed by atoms with Crippen LogP contribution >= 0.6 is 11.8 Å². The Morgan fingerprint density at radius 1 is 1.28 bits per heavy atom. The maximum absolute atomic E-state index is 5.21. The lowest BCUT2D eigenvalue weighted by molar-refractivity contribution is 0.414. The van der Waals surface area contributed by atoms with Crippen LogP contribution in [0.3, 0.4) is 0 Å². The molecule has 1 aromatic rings. The van der Waals surface area contributed by atoms with Crippen molar-refractivity contribution in [3.63, 3.8) is 0 Å². The average molecular weight is 261 g/mol. The van der Waals surface area contributed by atoms with Gasteiger partial charge in [-0.25, -0.2) is 0 Å². The molecule has 0 amide bonds. The summed E-state index contributed by atoms with van der Waals surface area (Å²) in [4.78, 5) is 4.70. The van der Waals surface area contributed by atoms with Gasteiger partial charge in [-0.15, -0.1) is 11.8 Å². The molecule has 1 heterocycles. The zero-order valence-corrected chi connectivity index (χ0v) is 12.0. The van der Waals surface area contributed by atoms with Crippen LogP contribution in [-0.2, 0) is 0 Å². The van der Waals surface area contributed by atoms with Crippen LogP contribution in [0, 0.1) is 0 Å². The van der Waals surface area contributed by atoms with Gasteiger partial charge in [-0.1, -0.05) is 18.2 Å². The molecular formula is C15H19NOS. The molecule has 0 radical (unpaired) electrons. The van der Waals surface area contributed by atoms with Gasteiger partial charge in [-0.05, 0) is 43.7 Å². The molecule has 1 atom stereocenters. The van der Waals surface area contributed by atoms with Crippen molar-refractivity contribution in [3.05, 3.63) is 41.6 Å². The van der Waals surface area contributed by atoms with E-state index in [0.29, 0.717) is 5.92 Å². The highest BCUT2D eigenvalue weighted by atomic mass is 32.2. The number of ether oxygens (including phenoxy) is 1. The topological polar surface area (TPSA) is 21.6 Å². The summed E-state index contributed by atoms with van der Waals surface area (Å²) >= 11 is 1.75. The summed E-state index contributed by atoms with van der Waals surface area (Å²) in [5.74, 6) is 1.32. The SMILES string of the molecule is COc1ccc(C2CCC=C(C)N=C2SC)cc1. The Morgan fingerprint density at radius 3 is 2.61 bits per heavy atom. The smallest absolute Gasteiger partial charge is 0.118 e. The number of nitrogens with zero attached hydrogens (tertiary/aromatic N) is 1. The van der Waals surface area contributed by atoms with Gasteiger partial charge >= 0.3 is 0 Å². The van der Waals surface area contributed by atoms with E-state index < -0.39 is 0 Å². The Hall–Kier alpha value is -1.22. The van der Waals surface area contributed by atoms with Crippen LogP contribution in [0.4, 0.5) is 0 Å². The standard InChI is InChI=1S/C15H19NOS/c1-11-5-4-6-14(15(16-11)18-3)12-7-9-13(17-2)10-8-12/h5,7-10,14H,4,6H2,1-3H3. The molecule has 0 aromatic heterocycles. The largest absolute Gasteiger partial charge is 0.497 e. The van der Waals surface area contributed by atoms with E-state index in [4.69, 9.17) is 9.73 Å². The second-order valence-corrected chi connectivity index (χ2v) is 5.23. The Morgan fingerprint density at radius 2 is 2.00 bits per heavy atom.